The fraction of sp³-hybridized carbons (Fsp3) is 0.300. The lowest BCUT2D eigenvalue weighted by Crippen LogP contribution is -2.50. The number of nitrogens with zero attached hydrogens (tertiary/aromatic N) is 1. The van der Waals surface area contributed by atoms with E-state index in [-0.39, 0.29) is 11.9 Å². The first-order valence-electron chi connectivity index (χ1n) is 8.57. The predicted octanol–water partition coefficient (Wildman–Crippen LogP) is 2.46. The first-order valence-corrected chi connectivity index (χ1v) is 8.57. The van der Waals surface area contributed by atoms with Crippen molar-refractivity contribution >= 4 is 11.9 Å². The summed E-state index contributed by atoms with van der Waals surface area (Å²) in [5.41, 5.74) is 3.58. The number of amides is 3. The second kappa shape index (κ2) is 7.94. The third kappa shape index (κ3) is 4.45. The van der Waals surface area contributed by atoms with Crippen LogP contribution in [0.15, 0.2) is 54.6 Å². The van der Waals surface area contributed by atoms with Gasteiger partial charge in [0.05, 0.1) is 6.04 Å². The van der Waals surface area contributed by atoms with E-state index in [9.17, 15) is 9.59 Å². The van der Waals surface area contributed by atoms with Gasteiger partial charge in [0.1, 0.15) is 0 Å². The van der Waals surface area contributed by atoms with Crippen LogP contribution in [-0.2, 0) is 24.3 Å². The van der Waals surface area contributed by atoms with Crippen LogP contribution < -0.4 is 10.6 Å². The molecule has 0 saturated heterocycles. The lowest BCUT2D eigenvalue weighted by molar-refractivity contribution is -0.125. The number of carbonyl (C=O) groups excluding carboxylic acids is 2. The maximum atomic E-state index is 12.4. The molecule has 1 heterocycles. The Morgan fingerprint density at radius 3 is 2.48 bits per heavy atom. The van der Waals surface area contributed by atoms with Gasteiger partial charge in [0.2, 0.25) is 5.91 Å². The van der Waals surface area contributed by atoms with Crippen molar-refractivity contribution in [1.82, 2.24) is 15.5 Å². The van der Waals surface area contributed by atoms with E-state index in [0.29, 0.717) is 6.54 Å². The van der Waals surface area contributed by atoms with Crippen LogP contribution in [0.1, 0.15) is 23.6 Å². The van der Waals surface area contributed by atoms with Crippen molar-refractivity contribution in [3.63, 3.8) is 0 Å². The molecule has 0 bridgehead atoms. The van der Waals surface area contributed by atoms with Crippen molar-refractivity contribution in [3.05, 3.63) is 71.3 Å². The summed E-state index contributed by atoms with van der Waals surface area (Å²) in [5.74, 6) is -0.273. The van der Waals surface area contributed by atoms with Crippen LogP contribution in [0.5, 0.6) is 0 Å². The second-order valence-corrected chi connectivity index (χ2v) is 6.32. The molecule has 0 fully saturated rings. The van der Waals surface area contributed by atoms with E-state index in [4.69, 9.17) is 0 Å². The smallest absolute Gasteiger partial charge is 0.321 e. The Labute approximate surface area is 148 Å². The zero-order chi connectivity index (χ0) is 17.6. The fourth-order valence-corrected chi connectivity index (χ4v) is 3.05. The van der Waals surface area contributed by atoms with Crippen LogP contribution in [0.4, 0.5) is 4.79 Å². The molecular formula is C20H23N3O2. The standard InChI is InChI=1S/C20H23N3O2/c1-15(23-12-11-17-9-5-6-10-18(17)14-23)19(24)22-20(25)21-13-16-7-3-2-4-8-16/h2-10,15H,11-14H2,1H3,(H2,21,22,24,25)/t15-/m1/s1. The molecule has 0 aliphatic carbocycles. The normalized spacial score (nSPS) is 15.1. The minimum atomic E-state index is -0.460. The number of urea groups is 1. The van der Waals surface area contributed by atoms with E-state index in [1.165, 1.54) is 11.1 Å². The molecule has 1 aliphatic heterocycles. The van der Waals surface area contributed by atoms with Crippen molar-refractivity contribution in [2.24, 2.45) is 0 Å². The summed E-state index contributed by atoms with van der Waals surface area (Å²) < 4.78 is 0. The molecule has 0 saturated carbocycles. The molecule has 0 unspecified atom stereocenters. The molecule has 2 aromatic rings. The van der Waals surface area contributed by atoms with E-state index in [2.05, 4.69) is 27.7 Å². The lowest BCUT2D eigenvalue weighted by Gasteiger charge is -2.32. The molecule has 1 aliphatic rings. The number of nitrogens with one attached hydrogen (secondary N) is 2. The number of carbonyl (C=O) groups is 2. The van der Waals surface area contributed by atoms with Gasteiger partial charge >= 0.3 is 6.03 Å². The Hall–Kier alpha value is -2.66. The molecule has 0 aromatic heterocycles. The Kier molecular flexibility index (Phi) is 5.46. The molecule has 1 atom stereocenters. The highest BCUT2D eigenvalue weighted by atomic mass is 16.2. The zero-order valence-corrected chi connectivity index (χ0v) is 14.4. The van der Waals surface area contributed by atoms with Gasteiger partial charge in [-0.25, -0.2) is 4.79 Å². The lowest BCUT2D eigenvalue weighted by atomic mass is 9.99. The number of hydrogen-bond acceptors (Lipinski definition) is 3. The molecule has 25 heavy (non-hydrogen) atoms. The highest BCUT2D eigenvalue weighted by Gasteiger charge is 2.26. The highest BCUT2D eigenvalue weighted by Crippen LogP contribution is 2.20. The Balaban J connectivity index is 1.50. The summed E-state index contributed by atoms with van der Waals surface area (Å²) in [4.78, 5) is 26.4. The molecule has 0 spiro atoms. The number of imide groups is 1. The monoisotopic (exact) mass is 337 g/mol. The van der Waals surface area contributed by atoms with Crippen molar-refractivity contribution in [2.75, 3.05) is 6.54 Å². The molecule has 3 amide bonds. The third-order valence-electron chi connectivity index (χ3n) is 4.62. The minimum Gasteiger partial charge on any atom is -0.334 e. The molecule has 0 radical (unpaired) electrons. The van der Waals surface area contributed by atoms with Gasteiger partial charge < -0.3 is 5.32 Å². The zero-order valence-electron chi connectivity index (χ0n) is 14.4. The number of benzene rings is 2. The second-order valence-electron chi connectivity index (χ2n) is 6.32. The van der Waals surface area contributed by atoms with E-state index < -0.39 is 6.03 Å². The minimum absolute atomic E-state index is 0.273. The predicted molar refractivity (Wildman–Crippen MR) is 96.8 cm³/mol. The Bertz CT molecular complexity index is 746. The van der Waals surface area contributed by atoms with E-state index in [0.717, 1.165) is 25.1 Å². The SMILES string of the molecule is C[C@H](C(=O)NC(=O)NCc1ccccc1)N1CCc2ccccc2C1. The molecular weight excluding hydrogens is 314 g/mol. The van der Waals surface area contributed by atoms with Crippen LogP contribution in [-0.4, -0.2) is 29.4 Å². The van der Waals surface area contributed by atoms with Crippen molar-refractivity contribution in [1.29, 1.82) is 0 Å². The maximum Gasteiger partial charge on any atom is 0.321 e. The van der Waals surface area contributed by atoms with Crippen molar-refractivity contribution < 1.29 is 9.59 Å². The van der Waals surface area contributed by atoms with E-state index in [1.807, 2.05) is 49.4 Å². The summed E-state index contributed by atoms with van der Waals surface area (Å²) in [7, 11) is 0. The molecule has 130 valence electrons. The maximum absolute atomic E-state index is 12.4. The largest absolute Gasteiger partial charge is 0.334 e. The van der Waals surface area contributed by atoms with Crippen LogP contribution in [0.25, 0.3) is 0 Å². The summed E-state index contributed by atoms with van der Waals surface area (Å²) in [6.45, 7) is 3.78. The summed E-state index contributed by atoms with van der Waals surface area (Å²) in [6.07, 6.45) is 0.925. The fourth-order valence-electron chi connectivity index (χ4n) is 3.05. The quantitative estimate of drug-likeness (QED) is 0.901. The van der Waals surface area contributed by atoms with Gasteiger partial charge in [-0.3, -0.25) is 15.0 Å². The van der Waals surface area contributed by atoms with Gasteiger partial charge in [0, 0.05) is 19.6 Å². The number of rotatable bonds is 4. The molecule has 5 heteroatoms. The Morgan fingerprint density at radius 2 is 1.72 bits per heavy atom. The van der Waals surface area contributed by atoms with Crippen molar-refractivity contribution in [2.45, 2.75) is 32.5 Å². The van der Waals surface area contributed by atoms with E-state index >= 15 is 0 Å². The van der Waals surface area contributed by atoms with Crippen LogP contribution in [0.2, 0.25) is 0 Å². The van der Waals surface area contributed by atoms with E-state index in [1.54, 1.807) is 0 Å². The Morgan fingerprint density at radius 1 is 1.04 bits per heavy atom. The third-order valence-corrected chi connectivity index (χ3v) is 4.62. The van der Waals surface area contributed by atoms with Gasteiger partial charge in [-0.1, -0.05) is 54.6 Å². The molecule has 3 rings (SSSR count). The van der Waals surface area contributed by atoms with Gasteiger partial charge in [-0.2, -0.15) is 0 Å². The molecule has 2 aromatic carbocycles. The first-order chi connectivity index (χ1) is 12.1. The highest BCUT2D eigenvalue weighted by molar-refractivity contribution is 5.96. The molecule has 5 nitrogen and oxygen atoms in total. The van der Waals surface area contributed by atoms with Gasteiger partial charge in [0.25, 0.3) is 0 Å². The molecule has 2 N–H and O–H groups in total. The van der Waals surface area contributed by atoms with Crippen LogP contribution in [0, 0.1) is 0 Å². The van der Waals surface area contributed by atoms with Crippen molar-refractivity contribution in [3.8, 4) is 0 Å². The van der Waals surface area contributed by atoms with Crippen LogP contribution in [0.3, 0.4) is 0 Å². The summed E-state index contributed by atoms with van der Waals surface area (Å²) >= 11 is 0. The summed E-state index contributed by atoms with van der Waals surface area (Å²) in [5, 5.41) is 5.15. The van der Waals surface area contributed by atoms with Gasteiger partial charge in [0.15, 0.2) is 0 Å². The summed E-state index contributed by atoms with van der Waals surface area (Å²) in [6, 6.07) is 17.1. The van der Waals surface area contributed by atoms with Gasteiger partial charge in [-0.15, -0.1) is 0 Å². The average Bonchev–Trinajstić information content (AvgIpc) is 2.66. The average molecular weight is 337 g/mol. The van der Waals surface area contributed by atoms with Gasteiger partial charge in [-0.05, 0) is 30.0 Å². The first kappa shape index (κ1) is 17.2. The van der Waals surface area contributed by atoms with Crippen LogP contribution >= 0.6 is 0 Å². The number of hydrogen-bond donors (Lipinski definition) is 2. The topological polar surface area (TPSA) is 61.4 Å². The number of fused-ring (bicyclic) bond motifs is 1.